The van der Waals surface area contributed by atoms with Crippen molar-refractivity contribution in [2.75, 3.05) is 38.0 Å². The molecule has 2 aromatic rings. The molecule has 0 spiro atoms. The highest BCUT2D eigenvalue weighted by Gasteiger charge is 2.13. The molecule has 3 nitrogen and oxygen atoms in total. The Morgan fingerprint density at radius 1 is 1.00 bits per heavy atom. The van der Waals surface area contributed by atoms with Gasteiger partial charge in [0, 0.05) is 21.2 Å². The molecule has 0 aliphatic rings. The predicted octanol–water partition coefficient (Wildman–Crippen LogP) is 3.55. The molecule has 0 fully saturated rings. The SMILES string of the molecule is COCC(Nc1ccccc1N(C)C)c1ccccc1. The highest BCUT2D eigenvalue weighted by atomic mass is 16.5. The van der Waals surface area contributed by atoms with Gasteiger partial charge in [0.25, 0.3) is 0 Å². The van der Waals surface area contributed by atoms with Gasteiger partial charge in [-0.3, -0.25) is 0 Å². The predicted molar refractivity (Wildman–Crippen MR) is 85.5 cm³/mol. The summed E-state index contributed by atoms with van der Waals surface area (Å²) in [6.45, 7) is 0.631. The van der Waals surface area contributed by atoms with E-state index in [9.17, 15) is 0 Å². The van der Waals surface area contributed by atoms with Crippen molar-refractivity contribution in [2.24, 2.45) is 0 Å². The van der Waals surface area contributed by atoms with Crippen LogP contribution >= 0.6 is 0 Å². The standard InChI is InChI=1S/C17H22N2O/c1-19(2)17-12-8-7-11-15(17)18-16(13-20-3)14-9-5-4-6-10-14/h4-12,16,18H,13H2,1-3H3. The van der Waals surface area contributed by atoms with E-state index >= 15 is 0 Å². The molecule has 0 saturated heterocycles. The molecule has 0 aliphatic heterocycles. The lowest BCUT2D eigenvalue weighted by Crippen LogP contribution is -2.19. The Balaban J connectivity index is 2.25. The molecular weight excluding hydrogens is 248 g/mol. The molecule has 106 valence electrons. The van der Waals surface area contributed by atoms with E-state index in [1.165, 1.54) is 11.3 Å². The van der Waals surface area contributed by atoms with E-state index in [4.69, 9.17) is 4.74 Å². The third kappa shape index (κ3) is 3.52. The fourth-order valence-electron chi connectivity index (χ4n) is 2.25. The van der Waals surface area contributed by atoms with Crippen LogP contribution in [0.4, 0.5) is 11.4 Å². The minimum Gasteiger partial charge on any atom is -0.382 e. The van der Waals surface area contributed by atoms with Gasteiger partial charge < -0.3 is 15.0 Å². The van der Waals surface area contributed by atoms with E-state index in [0.29, 0.717) is 6.61 Å². The fraction of sp³-hybridized carbons (Fsp3) is 0.294. The first-order chi connectivity index (χ1) is 9.72. The van der Waals surface area contributed by atoms with Gasteiger partial charge in [0.1, 0.15) is 0 Å². The number of hydrogen-bond donors (Lipinski definition) is 1. The largest absolute Gasteiger partial charge is 0.382 e. The van der Waals surface area contributed by atoms with Crippen LogP contribution in [-0.4, -0.2) is 27.8 Å². The van der Waals surface area contributed by atoms with Crippen LogP contribution < -0.4 is 10.2 Å². The van der Waals surface area contributed by atoms with Crippen LogP contribution in [0.5, 0.6) is 0 Å². The number of nitrogens with zero attached hydrogens (tertiary/aromatic N) is 1. The highest BCUT2D eigenvalue weighted by Crippen LogP contribution is 2.28. The molecule has 2 aromatic carbocycles. The molecule has 0 radical (unpaired) electrons. The van der Waals surface area contributed by atoms with Crippen LogP contribution in [0.1, 0.15) is 11.6 Å². The van der Waals surface area contributed by atoms with E-state index in [1.54, 1.807) is 7.11 Å². The van der Waals surface area contributed by atoms with Crippen molar-refractivity contribution in [2.45, 2.75) is 6.04 Å². The molecule has 1 unspecified atom stereocenters. The quantitative estimate of drug-likeness (QED) is 0.868. The Labute approximate surface area is 121 Å². The number of para-hydroxylation sites is 2. The summed E-state index contributed by atoms with van der Waals surface area (Å²) in [5.74, 6) is 0. The molecule has 0 aromatic heterocycles. The zero-order valence-electron chi connectivity index (χ0n) is 12.3. The van der Waals surface area contributed by atoms with E-state index in [0.717, 1.165) is 5.69 Å². The number of methoxy groups -OCH3 is 1. The zero-order valence-corrected chi connectivity index (χ0v) is 12.3. The summed E-state index contributed by atoms with van der Waals surface area (Å²) < 4.78 is 5.35. The maximum atomic E-state index is 5.35. The van der Waals surface area contributed by atoms with Gasteiger partial charge in [0.15, 0.2) is 0 Å². The van der Waals surface area contributed by atoms with Crippen molar-refractivity contribution < 1.29 is 4.74 Å². The zero-order chi connectivity index (χ0) is 14.4. The molecule has 0 amide bonds. The summed E-state index contributed by atoms with van der Waals surface area (Å²) in [5.41, 5.74) is 3.51. The van der Waals surface area contributed by atoms with Crippen molar-refractivity contribution >= 4 is 11.4 Å². The van der Waals surface area contributed by atoms with Crippen molar-refractivity contribution in [3.8, 4) is 0 Å². The summed E-state index contributed by atoms with van der Waals surface area (Å²) in [4.78, 5) is 2.11. The van der Waals surface area contributed by atoms with Crippen LogP contribution in [0.3, 0.4) is 0 Å². The molecule has 0 heterocycles. The lowest BCUT2D eigenvalue weighted by molar-refractivity contribution is 0.186. The first-order valence-corrected chi connectivity index (χ1v) is 6.79. The highest BCUT2D eigenvalue weighted by molar-refractivity contribution is 5.70. The lowest BCUT2D eigenvalue weighted by Gasteiger charge is -2.24. The summed E-state index contributed by atoms with van der Waals surface area (Å²) in [5, 5.41) is 3.58. The Hall–Kier alpha value is -2.00. The minimum atomic E-state index is 0.141. The van der Waals surface area contributed by atoms with Gasteiger partial charge in [-0.1, -0.05) is 42.5 Å². The van der Waals surface area contributed by atoms with Gasteiger partial charge in [-0.2, -0.15) is 0 Å². The van der Waals surface area contributed by atoms with Crippen LogP contribution in [0.15, 0.2) is 54.6 Å². The topological polar surface area (TPSA) is 24.5 Å². The second kappa shape index (κ2) is 6.96. The molecular formula is C17H22N2O. The maximum Gasteiger partial charge on any atom is 0.0748 e. The van der Waals surface area contributed by atoms with E-state index in [2.05, 4.69) is 46.6 Å². The molecule has 2 rings (SSSR count). The Kier molecular flexibility index (Phi) is 5.02. The molecule has 20 heavy (non-hydrogen) atoms. The lowest BCUT2D eigenvalue weighted by atomic mass is 10.1. The van der Waals surface area contributed by atoms with Gasteiger partial charge in [-0.05, 0) is 17.7 Å². The van der Waals surface area contributed by atoms with Crippen molar-refractivity contribution in [3.05, 3.63) is 60.2 Å². The summed E-state index contributed by atoms with van der Waals surface area (Å²) >= 11 is 0. The third-order valence-electron chi connectivity index (χ3n) is 3.25. The van der Waals surface area contributed by atoms with Crippen LogP contribution in [-0.2, 0) is 4.74 Å². The Morgan fingerprint density at radius 3 is 2.30 bits per heavy atom. The smallest absolute Gasteiger partial charge is 0.0748 e. The van der Waals surface area contributed by atoms with Crippen LogP contribution in [0.2, 0.25) is 0 Å². The Bertz CT molecular complexity index is 526. The fourth-order valence-corrected chi connectivity index (χ4v) is 2.25. The molecule has 1 atom stereocenters. The molecule has 1 N–H and O–H groups in total. The summed E-state index contributed by atoms with van der Waals surface area (Å²) in [7, 11) is 5.83. The van der Waals surface area contributed by atoms with Gasteiger partial charge >= 0.3 is 0 Å². The first kappa shape index (κ1) is 14.4. The first-order valence-electron chi connectivity index (χ1n) is 6.79. The van der Waals surface area contributed by atoms with Crippen molar-refractivity contribution in [1.82, 2.24) is 0 Å². The number of nitrogens with one attached hydrogen (secondary N) is 1. The van der Waals surface area contributed by atoms with E-state index < -0.39 is 0 Å². The van der Waals surface area contributed by atoms with E-state index in [-0.39, 0.29) is 6.04 Å². The maximum absolute atomic E-state index is 5.35. The summed E-state index contributed by atoms with van der Waals surface area (Å²) in [6.07, 6.45) is 0. The second-order valence-corrected chi connectivity index (χ2v) is 4.97. The van der Waals surface area contributed by atoms with Crippen LogP contribution in [0.25, 0.3) is 0 Å². The number of benzene rings is 2. The minimum absolute atomic E-state index is 0.141. The van der Waals surface area contributed by atoms with Gasteiger partial charge in [-0.15, -0.1) is 0 Å². The molecule has 0 saturated carbocycles. The second-order valence-electron chi connectivity index (χ2n) is 4.97. The number of rotatable bonds is 6. The number of hydrogen-bond acceptors (Lipinski definition) is 3. The van der Waals surface area contributed by atoms with Gasteiger partial charge in [-0.25, -0.2) is 0 Å². The van der Waals surface area contributed by atoms with Crippen molar-refractivity contribution in [3.63, 3.8) is 0 Å². The average molecular weight is 270 g/mol. The average Bonchev–Trinajstić information content (AvgIpc) is 2.48. The number of ether oxygens (including phenoxy) is 1. The van der Waals surface area contributed by atoms with E-state index in [1.807, 2.05) is 32.3 Å². The monoisotopic (exact) mass is 270 g/mol. The normalized spacial score (nSPS) is 11.9. The Morgan fingerprint density at radius 2 is 1.65 bits per heavy atom. The van der Waals surface area contributed by atoms with Crippen molar-refractivity contribution in [1.29, 1.82) is 0 Å². The molecule has 3 heteroatoms. The third-order valence-corrected chi connectivity index (χ3v) is 3.25. The summed E-state index contributed by atoms with van der Waals surface area (Å²) in [6, 6.07) is 18.8. The molecule has 0 aliphatic carbocycles. The molecule has 0 bridgehead atoms. The number of anilines is 2. The van der Waals surface area contributed by atoms with Gasteiger partial charge in [0.2, 0.25) is 0 Å². The van der Waals surface area contributed by atoms with Crippen LogP contribution in [0, 0.1) is 0 Å². The van der Waals surface area contributed by atoms with Gasteiger partial charge in [0.05, 0.1) is 24.0 Å².